The standard InChI is InChI=1S/C10H16N4O2/c1-3-13(7-6-11)10-9(14(15)16)5-4-8(2)12-10/h4-5H,3,6-7,11H2,1-2H3. The molecule has 0 bridgehead atoms. The Labute approximate surface area is 94.2 Å². The molecule has 6 nitrogen and oxygen atoms in total. The predicted molar refractivity (Wildman–Crippen MR) is 62.6 cm³/mol. The fourth-order valence-electron chi connectivity index (χ4n) is 1.48. The Morgan fingerprint density at radius 3 is 2.75 bits per heavy atom. The maximum Gasteiger partial charge on any atom is 0.311 e. The number of nitrogens with zero attached hydrogens (tertiary/aromatic N) is 3. The van der Waals surface area contributed by atoms with Crippen LogP contribution in [0.2, 0.25) is 0 Å². The topological polar surface area (TPSA) is 85.3 Å². The van der Waals surface area contributed by atoms with Gasteiger partial charge in [0.05, 0.1) is 4.92 Å². The minimum absolute atomic E-state index is 0.0286. The van der Waals surface area contributed by atoms with Crippen molar-refractivity contribution in [1.29, 1.82) is 0 Å². The summed E-state index contributed by atoms with van der Waals surface area (Å²) in [6.45, 7) is 5.38. The Morgan fingerprint density at radius 1 is 1.56 bits per heavy atom. The average molecular weight is 224 g/mol. The summed E-state index contributed by atoms with van der Waals surface area (Å²) < 4.78 is 0. The molecule has 0 fully saturated rings. The highest BCUT2D eigenvalue weighted by atomic mass is 16.6. The quantitative estimate of drug-likeness (QED) is 0.597. The summed E-state index contributed by atoms with van der Waals surface area (Å²) in [6.07, 6.45) is 0. The monoisotopic (exact) mass is 224 g/mol. The van der Waals surface area contributed by atoms with E-state index in [2.05, 4.69) is 4.98 Å². The van der Waals surface area contributed by atoms with Crippen LogP contribution >= 0.6 is 0 Å². The highest BCUT2D eigenvalue weighted by Gasteiger charge is 2.19. The van der Waals surface area contributed by atoms with Crippen LogP contribution in [0.5, 0.6) is 0 Å². The van der Waals surface area contributed by atoms with Crippen molar-refractivity contribution in [2.45, 2.75) is 13.8 Å². The molecule has 0 unspecified atom stereocenters. The summed E-state index contributed by atoms with van der Waals surface area (Å²) in [6, 6.07) is 3.12. The molecule has 0 spiro atoms. The fraction of sp³-hybridized carbons (Fsp3) is 0.500. The highest BCUT2D eigenvalue weighted by molar-refractivity contribution is 5.58. The first kappa shape index (κ1) is 12.4. The van der Waals surface area contributed by atoms with Crippen molar-refractivity contribution in [3.05, 3.63) is 27.9 Å². The molecule has 0 saturated heterocycles. The van der Waals surface area contributed by atoms with E-state index in [1.54, 1.807) is 6.07 Å². The van der Waals surface area contributed by atoms with Crippen molar-refractivity contribution in [2.75, 3.05) is 24.5 Å². The van der Waals surface area contributed by atoms with Crippen molar-refractivity contribution in [3.63, 3.8) is 0 Å². The van der Waals surface area contributed by atoms with Gasteiger partial charge in [0, 0.05) is 31.4 Å². The molecule has 2 N–H and O–H groups in total. The van der Waals surface area contributed by atoms with E-state index in [4.69, 9.17) is 5.73 Å². The van der Waals surface area contributed by atoms with E-state index < -0.39 is 4.92 Å². The van der Waals surface area contributed by atoms with Crippen LogP contribution < -0.4 is 10.6 Å². The van der Waals surface area contributed by atoms with Gasteiger partial charge in [-0.2, -0.15) is 0 Å². The van der Waals surface area contributed by atoms with Gasteiger partial charge in [-0.25, -0.2) is 4.98 Å². The summed E-state index contributed by atoms with van der Waals surface area (Å²) in [5.74, 6) is 0.401. The molecule has 0 aromatic carbocycles. The molecule has 1 aromatic rings. The van der Waals surface area contributed by atoms with Crippen LogP contribution in [0.1, 0.15) is 12.6 Å². The number of nitro groups is 1. The zero-order valence-electron chi connectivity index (χ0n) is 9.51. The van der Waals surface area contributed by atoms with Crippen molar-refractivity contribution in [1.82, 2.24) is 4.98 Å². The second-order valence-corrected chi connectivity index (χ2v) is 3.42. The molecule has 0 saturated carbocycles. The van der Waals surface area contributed by atoms with Crippen LogP contribution in [0.25, 0.3) is 0 Å². The molecule has 0 atom stereocenters. The zero-order chi connectivity index (χ0) is 12.1. The third kappa shape index (κ3) is 2.66. The number of pyridine rings is 1. The maximum absolute atomic E-state index is 10.9. The van der Waals surface area contributed by atoms with Gasteiger partial charge in [0.25, 0.3) is 0 Å². The number of aromatic nitrogens is 1. The second-order valence-electron chi connectivity index (χ2n) is 3.42. The summed E-state index contributed by atoms with van der Waals surface area (Å²) in [5, 5.41) is 10.9. The molecule has 1 heterocycles. The number of aryl methyl sites for hydroxylation is 1. The zero-order valence-corrected chi connectivity index (χ0v) is 9.51. The number of hydrogen-bond acceptors (Lipinski definition) is 5. The van der Waals surface area contributed by atoms with Crippen molar-refractivity contribution in [2.24, 2.45) is 5.73 Å². The van der Waals surface area contributed by atoms with Gasteiger partial charge >= 0.3 is 5.69 Å². The van der Waals surface area contributed by atoms with Gasteiger partial charge in [0.1, 0.15) is 0 Å². The van der Waals surface area contributed by atoms with Crippen molar-refractivity contribution in [3.8, 4) is 0 Å². The normalized spacial score (nSPS) is 10.2. The Kier molecular flexibility index (Phi) is 4.19. The lowest BCUT2D eigenvalue weighted by molar-refractivity contribution is -0.384. The van der Waals surface area contributed by atoms with Gasteiger partial charge in [0.15, 0.2) is 0 Å². The molecule has 16 heavy (non-hydrogen) atoms. The Hall–Kier alpha value is -1.69. The highest BCUT2D eigenvalue weighted by Crippen LogP contribution is 2.25. The van der Waals surface area contributed by atoms with E-state index in [0.29, 0.717) is 25.5 Å². The van der Waals surface area contributed by atoms with Crippen molar-refractivity contribution < 1.29 is 4.92 Å². The van der Waals surface area contributed by atoms with Gasteiger partial charge in [-0.3, -0.25) is 10.1 Å². The summed E-state index contributed by atoms with van der Waals surface area (Å²) in [5.41, 5.74) is 6.26. The molecular formula is C10H16N4O2. The van der Waals surface area contributed by atoms with E-state index in [9.17, 15) is 10.1 Å². The van der Waals surface area contributed by atoms with Gasteiger partial charge in [-0.1, -0.05) is 0 Å². The molecule has 0 aliphatic carbocycles. The molecule has 0 aliphatic rings. The van der Waals surface area contributed by atoms with Crippen LogP contribution in [0.15, 0.2) is 12.1 Å². The number of rotatable bonds is 5. The van der Waals surface area contributed by atoms with E-state index >= 15 is 0 Å². The summed E-state index contributed by atoms with van der Waals surface area (Å²) >= 11 is 0. The van der Waals surface area contributed by atoms with Crippen molar-refractivity contribution >= 4 is 11.5 Å². The molecular weight excluding hydrogens is 208 g/mol. The number of likely N-dealkylation sites (N-methyl/N-ethyl adjacent to an activating group) is 1. The largest absolute Gasteiger partial charge is 0.350 e. The second kappa shape index (κ2) is 5.41. The first-order valence-electron chi connectivity index (χ1n) is 5.17. The maximum atomic E-state index is 10.9. The lowest BCUT2D eigenvalue weighted by atomic mass is 10.3. The third-order valence-electron chi connectivity index (χ3n) is 2.27. The van der Waals surface area contributed by atoms with Crippen LogP contribution in [0.4, 0.5) is 11.5 Å². The third-order valence-corrected chi connectivity index (χ3v) is 2.27. The van der Waals surface area contributed by atoms with Crippen LogP contribution in [-0.2, 0) is 0 Å². The lowest BCUT2D eigenvalue weighted by Crippen LogP contribution is -2.30. The minimum atomic E-state index is -0.416. The lowest BCUT2D eigenvalue weighted by Gasteiger charge is -2.20. The molecule has 0 aliphatic heterocycles. The van der Waals surface area contributed by atoms with E-state index in [1.807, 2.05) is 18.7 Å². The Balaban J connectivity index is 3.16. The molecule has 1 aromatic heterocycles. The SMILES string of the molecule is CCN(CCN)c1nc(C)ccc1[N+](=O)[O-]. The minimum Gasteiger partial charge on any atom is -0.350 e. The smallest absolute Gasteiger partial charge is 0.311 e. The molecule has 88 valence electrons. The molecule has 0 amide bonds. The Bertz CT molecular complexity index is 381. The van der Waals surface area contributed by atoms with Crippen LogP contribution in [0.3, 0.4) is 0 Å². The molecule has 0 radical (unpaired) electrons. The molecule has 6 heteroatoms. The van der Waals surface area contributed by atoms with Gasteiger partial charge in [-0.05, 0) is 19.9 Å². The first-order chi connectivity index (χ1) is 7.60. The molecule has 1 rings (SSSR count). The Morgan fingerprint density at radius 2 is 2.25 bits per heavy atom. The van der Waals surface area contributed by atoms with Gasteiger partial charge in [-0.15, -0.1) is 0 Å². The van der Waals surface area contributed by atoms with E-state index in [0.717, 1.165) is 5.69 Å². The number of anilines is 1. The fourth-order valence-corrected chi connectivity index (χ4v) is 1.48. The van der Waals surface area contributed by atoms with Crippen LogP contribution in [-0.4, -0.2) is 29.5 Å². The van der Waals surface area contributed by atoms with Gasteiger partial charge < -0.3 is 10.6 Å². The summed E-state index contributed by atoms with van der Waals surface area (Å²) in [4.78, 5) is 16.5. The van der Waals surface area contributed by atoms with E-state index in [-0.39, 0.29) is 5.69 Å². The predicted octanol–water partition coefficient (Wildman–Crippen LogP) is 1.08. The van der Waals surface area contributed by atoms with Crippen LogP contribution in [0, 0.1) is 17.0 Å². The number of nitrogens with two attached hydrogens (primary N) is 1. The summed E-state index contributed by atoms with van der Waals surface area (Å²) in [7, 11) is 0. The van der Waals surface area contributed by atoms with Gasteiger partial charge in [0.2, 0.25) is 5.82 Å². The first-order valence-corrected chi connectivity index (χ1v) is 5.17. The number of hydrogen-bond donors (Lipinski definition) is 1. The van der Waals surface area contributed by atoms with E-state index in [1.165, 1.54) is 6.07 Å². The average Bonchev–Trinajstić information content (AvgIpc) is 2.25.